The third kappa shape index (κ3) is 2.85. The first-order chi connectivity index (χ1) is 9.10. The average molecular weight is 283 g/mol. The molecule has 0 radical (unpaired) electrons. The van der Waals surface area contributed by atoms with E-state index in [1.54, 1.807) is 0 Å². The molecule has 2 aliphatic carbocycles. The van der Waals surface area contributed by atoms with Crippen molar-refractivity contribution in [2.24, 2.45) is 17.7 Å². The van der Waals surface area contributed by atoms with Gasteiger partial charge in [-0.2, -0.15) is 0 Å². The first kappa shape index (κ1) is 12.8. The molecule has 0 amide bonds. The summed E-state index contributed by atoms with van der Waals surface area (Å²) in [7, 11) is -3.54. The van der Waals surface area contributed by atoms with Crippen molar-refractivity contribution in [1.29, 1.82) is 0 Å². The second-order valence-electron chi connectivity index (χ2n) is 5.21. The average Bonchev–Trinajstić information content (AvgIpc) is 3.29. The summed E-state index contributed by atoms with van der Waals surface area (Å²) in [4.78, 5) is 7.73. The Hall–Kier alpha value is -1.25. The van der Waals surface area contributed by atoms with Gasteiger partial charge in [0, 0.05) is 6.04 Å². The molecule has 0 unspecified atom stereocenters. The molecule has 1 aromatic heterocycles. The molecule has 8 heteroatoms. The lowest BCUT2D eigenvalue weighted by molar-refractivity contribution is 0.471. The monoisotopic (exact) mass is 283 g/mol. The van der Waals surface area contributed by atoms with Crippen molar-refractivity contribution in [2.45, 2.75) is 36.6 Å². The molecule has 0 saturated heterocycles. The van der Waals surface area contributed by atoms with Gasteiger partial charge in [-0.15, -0.1) is 0 Å². The van der Waals surface area contributed by atoms with Crippen LogP contribution in [-0.2, 0) is 10.0 Å². The summed E-state index contributed by atoms with van der Waals surface area (Å²) >= 11 is 0. The summed E-state index contributed by atoms with van der Waals surface area (Å²) in [5.41, 5.74) is 2.27. The Kier molecular flexibility index (Phi) is 3.15. The van der Waals surface area contributed by atoms with E-state index < -0.39 is 10.0 Å². The van der Waals surface area contributed by atoms with Crippen LogP contribution in [0.3, 0.4) is 0 Å². The maximum atomic E-state index is 12.3. The van der Waals surface area contributed by atoms with Gasteiger partial charge in [0.05, 0.1) is 12.4 Å². The summed E-state index contributed by atoms with van der Waals surface area (Å²) in [6, 6.07) is 0.0808. The van der Waals surface area contributed by atoms with Crippen molar-refractivity contribution in [3.05, 3.63) is 12.4 Å². The minimum absolute atomic E-state index is 0.0808. The van der Waals surface area contributed by atoms with Crippen LogP contribution in [0.2, 0.25) is 0 Å². The van der Waals surface area contributed by atoms with Crippen molar-refractivity contribution >= 4 is 16.0 Å². The number of aromatic nitrogens is 2. The second-order valence-corrected chi connectivity index (χ2v) is 6.92. The third-order valence-electron chi connectivity index (χ3n) is 3.62. The summed E-state index contributed by atoms with van der Waals surface area (Å²) in [6.45, 7) is 0. The normalized spacial score (nSPS) is 19.7. The Morgan fingerprint density at radius 1 is 1.16 bits per heavy atom. The smallest absolute Gasteiger partial charge is 0.243 e. The molecule has 2 fully saturated rings. The van der Waals surface area contributed by atoms with Gasteiger partial charge < -0.3 is 0 Å². The molecule has 2 aliphatic rings. The van der Waals surface area contributed by atoms with Gasteiger partial charge in [0.1, 0.15) is 4.90 Å². The van der Waals surface area contributed by atoms with E-state index in [1.165, 1.54) is 12.4 Å². The van der Waals surface area contributed by atoms with Crippen molar-refractivity contribution in [3.63, 3.8) is 0 Å². The third-order valence-corrected chi connectivity index (χ3v) is 5.03. The van der Waals surface area contributed by atoms with Crippen LogP contribution in [0.1, 0.15) is 25.7 Å². The number of sulfonamides is 1. The van der Waals surface area contributed by atoms with E-state index in [4.69, 9.17) is 5.84 Å². The highest BCUT2D eigenvalue weighted by Crippen LogP contribution is 2.45. The number of rotatable bonds is 6. The van der Waals surface area contributed by atoms with Crippen LogP contribution >= 0.6 is 0 Å². The zero-order valence-corrected chi connectivity index (χ0v) is 11.2. The standard InChI is InChI=1S/C11H17N5O2S/c12-15-11-13-5-9(6-14-11)19(17,18)16-10(7-1-2-7)8-3-4-8/h5-8,10,16H,1-4,12H2,(H,13,14,15). The fourth-order valence-electron chi connectivity index (χ4n) is 2.26. The SMILES string of the molecule is NNc1ncc(S(=O)(=O)NC(C2CC2)C2CC2)cn1. The largest absolute Gasteiger partial charge is 0.292 e. The van der Waals surface area contributed by atoms with Gasteiger partial charge in [0.15, 0.2) is 0 Å². The van der Waals surface area contributed by atoms with Crippen LogP contribution in [0, 0.1) is 11.8 Å². The molecule has 0 aromatic carbocycles. The molecule has 104 valence electrons. The molecule has 0 aliphatic heterocycles. The Labute approximate surface area is 112 Å². The first-order valence-corrected chi connectivity index (χ1v) is 7.89. The van der Waals surface area contributed by atoms with Crippen molar-refractivity contribution in [1.82, 2.24) is 14.7 Å². The van der Waals surface area contributed by atoms with Crippen LogP contribution in [0.15, 0.2) is 17.3 Å². The Balaban J connectivity index is 1.76. The number of nitrogen functional groups attached to an aromatic ring is 1. The maximum absolute atomic E-state index is 12.3. The highest BCUT2D eigenvalue weighted by atomic mass is 32.2. The maximum Gasteiger partial charge on any atom is 0.243 e. The highest BCUT2D eigenvalue weighted by molar-refractivity contribution is 7.89. The summed E-state index contributed by atoms with van der Waals surface area (Å²) in [6.07, 6.45) is 7.02. The summed E-state index contributed by atoms with van der Waals surface area (Å²) < 4.78 is 27.3. The predicted molar refractivity (Wildman–Crippen MR) is 69.4 cm³/mol. The van der Waals surface area contributed by atoms with Gasteiger partial charge >= 0.3 is 0 Å². The number of nitrogens with zero attached hydrogens (tertiary/aromatic N) is 2. The molecule has 2 saturated carbocycles. The number of nitrogens with two attached hydrogens (primary N) is 1. The molecule has 0 atom stereocenters. The number of hydrazine groups is 1. The minimum Gasteiger partial charge on any atom is -0.292 e. The van der Waals surface area contributed by atoms with E-state index in [0.717, 1.165) is 25.7 Å². The van der Waals surface area contributed by atoms with Gasteiger partial charge in [-0.3, -0.25) is 5.43 Å². The Morgan fingerprint density at radius 2 is 1.68 bits per heavy atom. The molecule has 0 bridgehead atoms. The molecular weight excluding hydrogens is 266 g/mol. The second kappa shape index (κ2) is 4.69. The van der Waals surface area contributed by atoms with E-state index >= 15 is 0 Å². The summed E-state index contributed by atoms with van der Waals surface area (Å²) in [5, 5.41) is 0. The number of anilines is 1. The molecule has 1 aromatic rings. The van der Waals surface area contributed by atoms with Crippen molar-refractivity contribution in [3.8, 4) is 0 Å². The first-order valence-electron chi connectivity index (χ1n) is 6.41. The van der Waals surface area contributed by atoms with Crippen LogP contribution in [0.25, 0.3) is 0 Å². The Bertz CT molecular complexity index is 539. The Morgan fingerprint density at radius 3 is 2.11 bits per heavy atom. The lowest BCUT2D eigenvalue weighted by Crippen LogP contribution is -2.38. The fourth-order valence-corrected chi connectivity index (χ4v) is 3.53. The van der Waals surface area contributed by atoms with Gasteiger partial charge in [-0.25, -0.2) is 29.0 Å². The lowest BCUT2D eigenvalue weighted by Gasteiger charge is -2.17. The topological polar surface area (TPSA) is 110 Å². The zero-order valence-electron chi connectivity index (χ0n) is 10.4. The number of hydrogen-bond acceptors (Lipinski definition) is 6. The highest BCUT2D eigenvalue weighted by Gasteiger charge is 2.43. The molecule has 1 heterocycles. The van der Waals surface area contributed by atoms with Crippen LogP contribution in [-0.4, -0.2) is 24.4 Å². The van der Waals surface area contributed by atoms with Crippen molar-refractivity contribution in [2.75, 3.05) is 5.43 Å². The van der Waals surface area contributed by atoms with Crippen LogP contribution in [0.4, 0.5) is 5.95 Å². The molecule has 3 rings (SSSR count). The summed E-state index contributed by atoms with van der Waals surface area (Å²) in [5.74, 6) is 6.36. The fraction of sp³-hybridized carbons (Fsp3) is 0.636. The van der Waals surface area contributed by atoms with Gasteiger partial charge in [0.2, 0.25) is 16.0 Å². The number of nitrogens with one attached hydrogen (secondary N) is 2. The molecule has 4 N–H and O–H groups in total. The van der Waals surface area contributed by atoms with Crippen LogP contribution < -0.4 is 16.0 Å². The zero-order chi connectivity index (χ0) is 13.5. The van der Waals surface area contributed by atoms with Crippen molar-refractivity contribution < 1.29 is 8.42 Å². The molecule has 19 heavy (non-hydrogen) atoms. The number of hydrogen-bond donors (Lipinski definition) is 3. The lowest BCUT2D eigenvalue weighted by atomic mass is 10.1. The quantitative estimate of drug-likeness (QED) is 0.509. The van der Waals surface area contributed by atoms with E-state index in [1.807, 2.05) is 0 Å². The van der Waals surface area contributed by atoms with Gasteiger partial charge in [-0.1, -0.05) is 0 Å². The van der Waals surface area contributed by atoms with Gasteiger partial charge in [0.25, 0.3) is 0 Å². The molecule has 7 nitrogen and oxygen atoms in total. The van der Waals surface area contributed by atoms with E-state index in [0.29, 0.717) is 11.8 Å². The van der Waals surface area contributed by atoms with Crippen LogP contribution in [0.5, 0.6) is 0 Å². The van der Waals surface area contributed by atoms with E-state index in [-0.39, 0.29) is 16.9 Å². The minimum atomic E-state index is -3.54. The van der Waals surface area contributed by atoms with E-state index in [9.17, 15) is 8.42 Å². The predicted octanol–water partition coefficient (Wildman–Crippen LogP) is 0.229. The van der Waals surface area contributed by atoms with E-state index in [2.05, 4.69) is 20.1 Å². The van der Waals surface area contributed by atoms with Gasteiger partial charge in [-0.05, 0) is 37.5 Å². The molecular formula is C11H17N5O2S. The molecule has 0 spiro atoms.